The van der Waals surface area contributed by atoms with Crippen molar-refractivity contribution in [1.82, 2.24) is 20.9 Å². The third-order valence-corrected chi connectivity index (χ3v) is 6.93. The van der Waals surface area contributed by atoms with Gasteiger partial charge in [-0.15, -0.1) is 0 Å². The third kappa shape index (κ3) is 8.59. The van der Waals surface area contributed by atoms with E-state index >= 15 is 0 Å². The van der Waals surface area contributed by atoms with Gasteiger partial charge in [0.25, 0.3) is 0 Å². The van der Waals surface area contributed by atoms with Gasteiger partial charge in [0.1, 0.15) is 18.1 Å². The molecule has 0 radical (unpaired) electrons. The maximum atomic E-state index is 13.3. The number of carbonyl (C=O) groups excluding carboxylic acids is 3. The average Bonchev–Trinajstić information content (AvgIpc) is 3.33. The van der Waals surface area contributed by atoms with E-state index in [4.69, 9.17) is 5.73 Å². The number of carboxylic acids is 1. The van der Waals surface area contributed by atoms with Gasteiger partial charge in [0.2, 0.25) is 17.7 Å². The summed E-state index contributed by atoms with van der Waals surface area (Å²) in [7, 11) is 0. The fourth-order valence-electron chi connectivity index (χ4n) is 4.13. The van der Waals surface area contributed by atoms with Crippen LogP contribution >= 0.6 is 11.8 Å². The van der Waals surface area contributed by atoms with Gasteiger partial charge in [0.05, 0.1) is 6.04 Å². The minimum atomic E-state index is -1.21. The number of benzene rings is 2. The third-order valence-electron chi connectivity index (χ3n) is 6.29. The lowest BCUT2D eigenvalue weighted by Gasteiger charge is -2.25. The first-order valence-corrected chi connectivity index (χ1v) is 14.1. The van der Waals surface area contributed by atoms with Gasteiger partial charge in [-0.05, 0) is 42.5 Å². The molecule has 0 fully saturated rings. The number of carbonyl (C=O) groups is 4. The highest BCUT2D eigenvalue weighted by Gasteiger charge is 2.30. The topological polar surface area (TPSA) is 166 Å². The number of aromatic amines is 1. The Morgan fingerprint density at radius 2 is 1.49 bits per heavy atom. The number of hydrogen-bond acceptors (Lipinski definition) is 6. The molecule has 10 nitrogen and oxygen atoms in total. The molecule has 0 aliphatic rings. The molecule has 7 N–H and O–H groups in total. The number of carboxylic acid groups (broad SMARTS) is 1. The Labute approximate surface area is 231 Å². The van der Waals surface area contributed by atoms with Crippen molar-refractivity contribution in [2.24, 2.45) is 5.73 Å². The molecule has 0 aliphatic carbocycles. The van der Waals surface area contributed by atoms with Crippen LogP contribution in [-0.4, -0.2) is 70.0 Å². The van der Waals surface area contributed by atoms with Crippen LogP contribution in [0.2, 0.25) is 0 Å². The molecule has 0 saturated carbocycles. The summed E-state index contributed by atoms with van der Waals surface area (Å²) in [5, 5.41) is 18.7. The molecule has 11 heteroatoms. The molecule has 208 valence electrons. The summed E-state index contributed by atoms with van der Waals surface area (Å²) in [5.41, 5.74) is 8.14. The van der Waals surface area contributed by atoms with E-state index in [2.05, 4.69) is 20.9 Å². The maximum Gasteiger partial charge on any atom is 0.326 e. The molecule has 3 aromatic rings. The first kappa shape index (κ1) is 29.7. The lowest BCUT2D eigenvalue weighted by molar-refractivity contribution is -0.142. The van der Waals surface area contributed by atoms with Crippen LogP contribution in [0.4, 0.5) is 0 Å². The second-order valence-corrected chi connectivity index (χ2v) is 10.3. The van der Waals surface area contributed by atoms with E-state index in [0.29, 0.717) is 5.75 Å². The summed E-state index contributed by atoms with van der Waals surface area (Å²) >= 11 is 1.49. The number of aromatic nitrogens is 1. The van der Waals surface area contributed by atoms with Crippen molar-refractivity contribution in [1.29, 1.82) is 0 Å². The van der Waals surface area contributed by atoms with Crippen molar-refractivity contribution in [3.63, 3.8) is 0 Å². The van der Waals surface area contributed by atoms with Gasteiger partial charge in [0.15, 0.2) is 0 Å². The van der Waals surface area contributed by atoms with Gasteiger partial charge in [-0.3, -0.25) is 14.4 Å². The Morgan fingerprint density at radius 3 is 2.15 bits per heavy atom. The number of thioether (sulfide) groups is 1. The lowest BCUT2D eigenvalue weighted by atomic mass is 10.0. The molecule has 3 rings (SSSR count). The smallest absolute Gasteiger partial charge is 0.326 e. The SMILES string of the molecule is CSCCC(NC(=O)C(Cc1ccccc1)NC(=O)C(C)N)C(=O)NC(Cc1c[nH]c2ccccc12)C(=O)O. The fourth-order valence-corrected chi connectivity index (χ4v) is 4.60. The molecular formula is C28H35N5O5S. The maximum absolute atomic E-state index is 13.3. The van der Waals surface area contributed by atoms with E-state index in [0.717, 1.165) is 22.0 Å². The van der Waals surface area contributed by atoms with Crippen molar-refractivity contribution >= 4 is 46.4 Å². The van der Waals surface area contributed by atoms with Crippen molar-refractivity contribution in [2.45, 2.75) is 50.4 Å². The Hall–Kier alpha value is -3.83. The van der Waals surface area contributed by atoms with Crippen LogP contribution in [0, 0.1) is 0 Å². The second kappa shape index (κ2) is 14.4. The second-order valence-electron chi connectivity index (χ2n) is 9.35. The van der Waals surface area contributed by atoms with Crippen LogP contribution in [0.1, 0.15) is 24.5 Å². The quantitative estimate of drug-likeness (QED) is 0.176. The Kier molecular flexibility index (Phi) is 10.9. The van der Waals surface area contributed by atoms with Gasteiger partial charge in [-0.25, -0.2) is 4.79 Å². The molecule has 0 bridgehead atoms. The van der Waals surface area contributed by atoms with Crippen molar-refractivity contribution in [2.75, 3.05) is 12.0 Å². The summed E-state index contributed by atoms with van der Waals surface area (Å²) in [6.45, 7) is 1.52. The number of nitrogens with one attached hydrogen (secondary N) is 4. The Morgan fingerprint density at radius 1 is 0.872 bits per heavy atom. The number of H-pyrrole nitrogens is 1. The molecule has 2 aromatic carbocycles. The number of amides is 3. The van der Waals surface area contributed by atoms with E-state index in [9.17, 15) is 24.3 Å². The molecule has 4 unspecified atom stereocenters. The zero-order valence-electron chi connectivity index (χ0n) is 22.0. The van der Waals surface area contributed by atoms with E-state index in [1.54, 1.807) is 6.20 Å². The Bertz CT molecular complexity index is 1280. The first-order valence-electron chi connectivity index (χ1n) is 12.7. The predicted octanol–water partition coefficient (Wildman–Crippen LogP) is 1.59. The number of fused-ring (bicyclic) bond motifs is 1. The molecule has 4 atom stereocenters. The van der Waals surface area contributed by atoms with E-state index < -0.39 is 47.9 Å². The number of nitrogens with two attached hydrogens (primary N) is 1. The van der Waals surface area contributed by atoms with Crippen LogP contribution in [0.5, 0.6) is 0 Å². The summed E-state index contributed by atoms with van der Waals surface area (Å²) < 4.78 is 0. The van der Waals surface area contributed by atoms with Gasteiger partial charge in [-0.1, -0.05) is 48.5 Å². The monoisotopic (exact) mass is 553 g/mol. The number of hydrogen-bond donors (Lipinski definition) is 6. The molecule has 3 amide bonds. The zero-order valence-corrected chi connectivity index (χ0v) is 22.8. The Balaban J connectivity index is 1.76. The van der Waals surface area contributed by atoms with E-state index in [1.807, 2.05) is 60.9 Å². The number of aliphatic carboxylic acids is 1. The standard InChI is InChI=1S/C28H35N5O5S/c1-17(29)25(34)32-23(14-18-8-4-3-5-9-18)27(36)31-22(12-13-39-2)26(35)33-24(28(37)38)15-19-16-30-21-11-7-6-10-20(19)21/h3-11,16-17,22-24,30H,12-15,29H2,1-2H3,(H,31,36)(H,32,34)(H,33,35)(H,37,38). The first-order chi connectivity index (χ1) is 18.7. The van der Waals surface area contributed by atoms with Gasteiger partial charge < -0.3 is 31.8 Å². The minimum absolute atomic E-state index is 0.0648. The van der Waals surface area contributed by atoms with Crippen LogP contribution in [-0.2, 0) is 32.0 Å². The van der Waals surface area contributed by atoms with E-state index in [-0.39, 0.29) is 19.3 Å². The van der Waals surface area contributed by atoms with Gasteiger partial charge >= 0.3 is 5.97 Å². The molecule has 1 aromatic heterocycles. The average molecular weight is 554 g/mol. The number of para-hydroxylation sites is 1. The van der Waals surface area contributed by atoms with Gasteiger partial charge in [-0.2, -0.15) is 11.8 Å². The normalized spacial score (nSPS) is 14.1. The van der Waals surface area contributed by atoms with E-state index in [1.165, 1.54) is 18.7 Å². The summed E-state index contributed by atoms with van der Waals surface area (Å²) in [5.74, 6) is -2.30. The highest BCUT2D eigenvalue weighted by atomic mass is 32.2. The highest BCUT2D eigenvalue weighted by molar-refractivity contribution is 7.98. The zero-order chi connectivity index (χ0) is 28.4. The minimum Gasteiger partial charge on any atom is -0.480 e. The van der Waals surface area contributed by atoms with Crippen molar-refractivity contribution < 1.29 is 24.3 Å². The number of rotatable bonds is 14. The molecule has 0 saturated heterocycles. The summed E-state index contributed by atoms with van der Waals surface area (Å²) in [6.07, 6.45) is 4.14. The van der Waals surface area contributed by atoms with Gasteiger partial charge in [0, 0.05) is 29.9 Å². The molecule has 39 heavy (non-hydrogen) atoms. The van der Waals surface area contributed by atoms with Crippen LogP contribution in [0.15, 0.2) is 60.8 Å². The summed E-state index contributed by atoms with van der Waals surface area (Å²) in [4.78, 5) is 54.1. The molecule has 0 aliphatic heterocycles. The molecular weight excluding hydrogens is 518 g/mol. The highest BCUT2D eigenvalue weighted by Crippen LogP contribution is 2.19. The molecule has 0 spiro atoms. The van der Waals surface area contributed by atoms with Crippen LogP contribution < -0.4 is 21.7 Å². The van der Waals surface area contributed by atoms with Crippen molar-refractivity contribution in [3.05, 3.63) is 71.9 Å². The van der Waals surface area contributed by atoms with Crippen molar-refractivity contribution in [3.8, 4) is 0 Å². The fraction of sp³-hybridized carbons (Fsp3) is 0.357. The lowest BCUT2D eigenvalue weighted by Crippen LogP contribution is -2.57. The predicted molar refractivity (Wildman–Crippen MR) is 152 cm³/mol. The molecule has 1 heterocycles. The largest absolute Gasteiger partial charge is 0.480 e. The summed E-state index contributed by atoms with van der Waals surface area (Å²) in [6, 6.07) is 12.7. The van der Waals surface area contributed by atoms with Crippen LogP contribution in [0.25, 0.3) is 10.9 Å². The van der Waals surface area contributed by atoms with Crippen LogP contribution in [0.3, 0.4) is 0 Å².